The van der Waals surface area contributed by atoms with Gasteiger partial charge < -0.3 is 15.8 Å². The Morgan fingerprint density at radius 1 is 1.18 bits per heavy atom. The average molecular weight is 376 g/mol. The van der Waals surface area contributed by atoms with E-state index in [0.29, 0.717) is 35.3 Å². The van der Waals surface area contributed by atoms with E-state index < -0.39 is 0 Å². The van der Waals surface area contributed by atoms with Gasteiger partial charge in [0.25, 0.3) is 11.3 Å². The first kappa shape index (κ1) is 17.6. The molecule has 4 N–H and O–H groups in total. The molecule has 0 aliphatic carbocycles. The number of methoxy groups -OCH3 is 1. The zero-order valence-electron chi connectivity index (χ0n) is 15.6. The van der Waals surface area contributed by atoms with Gasteiger partial charge in [-0.15, -0.1) is 0 Å². The predicted molar refractivity (Wildman–Crippen MR) is 109 cm³/mol. The fourth-order valence-corrected chi connectivity index (χ4v) is 2.99. The highest BCUT2D eigenvalue weighted by molar-refractivity contribution is 5.63. The molecular formula is C20H20N6O2. The minimum atomic E-state index is -0.229. The van der Waals surface area contributed by atoms with E-state index >= 15 is 0 Å². The molecular weight excluding hydrogens is 356 g/mol. The van der Waals surface area contributed by atoms with Crippen LogP contribution in [0.1, 0.15) is 11.3 Å². The summed E-state index contributed by atoms with van der Waals surface area (Å²) in [6.45, 7) is 2.34. The van der Waals surface area contributed by atoms with Gasteiger partial charge in [0.1, 0.15) is 5.75 Å². The van der Waals surface area contributed by atoms with Crippen LogP contribution in [0.25, 0.3) is 17.2 Å². The standard InChI is InChI=1S/C20H20N6O2/c1-12-4-3-5-13(8-12)19-24-20-23-15(10-18(27)26(20)25-19)11-22-16-9-14(21)6-7-17(16)28-2/h3-10,22H,11,21H2,1-2H3,(H,23,24,25). The van der Waals surface area contributed by atoms with Crippen molar-refractivity contribution in [1.82, 2.24) is 19.6 Å². The summed E-state index contributed by atoms with van der Waals surface area (Å²) in [6.07, 6.45) is 0. The molecule has 0 saturated carbocycles. The van der Waals surface area contributed by atoms with E-state index in [0.717, 1.165) is 16.8 Å². The van der Waals surface area contributed by atoms with Crippen molar-refractivity contribution < 1.29 is 4.74 Å². The van der Waals surface area contributed by atoms with Gasteiger partial charge in [0.2, 0.25) is 0 Å². The third-order valence-electron chi connectivity index (χ3n) is 4.36. The number of ether oxygens (including phenoxy) is 1. The molecule has 28 heavy (non-hydrogen) atoms. The third kappa shape index (κ3) is 3.39. The van der Waals surface area contributed by atoms with Crippen molar-refractivity contribution in [3.05, 3.63) is 70.1 Å². The number of nitrogens with zero attached hydrogens (tertiary/aromatic N) is 3. The van der Waals surface area contributed by atoms with Gasteiger partial charge in [-0.1, -0.05) is 23.8 Å². The van der Waals surface area contributed by atoms with Crippen LogP contribution in [0.3, 0.4) is 0 Å². The Hall–Kier alpha value is -3.81. The Kier molecular flexibility index (Phi) is 4.44. The topological polar surface area (TPSA) is 110 Å². The van der Waals surface area contributed by atoms with Crippen LogP contribution in [0, 0.1) is 6.92 Å². The molecule has 142 valence electrons. The number of hydrogen-bond donors (Lipinski definition) is 3. The van der Waals surface area contributed by atoms with E-state index in [-0.39, 0.29) is 5.56 Å². The van der Waals surface area contributed by atoms with E-state index in [1.165, 1.54) is 10.6 Å². The first-order valence-electron chi connectivity index (χ1n) is 8.76. The van der Waals surface area contributed by atoms with Crippen LogP contribution in [0.5, 0.6) is 5.75 Å². The van der Waals surface area contributed by atoms with Crippen molar-refractivity contribution in [2.24, 2.45) is 0 Å². The average Bonchev–Trinajstić information content (AvgIpc) is 3.11. The minimum Gasteiger partial charge on any atom is -0.495 e. The smallest absolute Gasteiger partial charge is 0.274 e. The lowest BCUT2D eigenvalue weighted by Gasteiger charge is -2.11. The highest BCUT2D eigenvalue weighted by atomic mass is 16.5. The number of nitrogens with one attached hydrogen (secondary N) is 2. The number of anilines is 2. The van der Waals surface area contributed by atoms with E-state index in [1.807, 2.05) is 31.2 Å². The molecule has 0 atom stereocenters. The number of nitrogens with two attached hydrogens (primary N) is 1. The van der Waals surface area contributed by atoms with Crippen molar-refractivity contribution in [2.75, 3.05) is 18.2 Å². The number of rotatable bonds is 5. The number of hydrogen-bond acceptors (Lipinski definition) is 6. The largest absolute Gasteiger partial charge is 0.495 e. The van der Waals surface area contributed by atoms with Crippen LogP contribution in [0.4, 0.5) is 11.4 Å². The minimum absolute atomic E-state index is 0.229. The highest BCUT2D eigenvalue weighted by Gasteiger charge is 2.11. The molecule has 0 spiro atoms. The maximum Gasteiger partial charge on any atom is 0.274 e. The summed E-state index contributed by atoms with van der Waals surface area (Å²) in [4.78, 5) is 21.4. The maximum atomic E-state index is 12.5. The number of benzene rings is 2. The Morgan fingerprint density at radius 2 is 2.04 bits per heavy atom. The fraction of sp³-hybridized carbons (Fsp3) is 0.150. The Labute approximate surface area is 161 Å². The lowest BCUT2D eigenvalue weighted by molar-refractivity contribution is 0.416. The monoisotopic (exact) mass is 376 g/mol. The van der Waals surface area contributed by atoms with Crippen LogP contribution < -0.4 is 21.3 Å². The molecule has 8 nitrogen and oxygen atoms in total. The summed E-state index contributed by atoms with van der Waals surface area (Å²) in [6, 6.07) is 14.7. The molecule has 0 bridgehead atoms. The fourth-order valence-electron chi connectivity index (χ4n) is 2.99. The molecule has 0 radical (unpaired) electrons. The molecule has 0 aliphatic rings. The van der Waals surface area contributed by atoms with Crippen molar-refractivity contribution in [2.45, 2.75) is 13.5 Å². The summed E-state index contributed by atoms with van der Waals surface area (Å²) in [5.41, 5.74) is 9.53. The second-order valence-corrected chi connectivity index (χ2v) is 6.48. The van der Waals surface area contributed by atoms with Crippen LogP contribution >= 0.6 is 0 Å². The van der Waals surface area contributed by atoms with E-state index in [9.17, 15) is 4.79 Å². The second-order valence-electron chi connectivity index (χ2n) is 6.48. The van der Waals surface area contributed by atoms with Crippen molar-refractivity contribution >= 4 is 17.2 Å². The lowest BCUT2D eigenvalue weighted by atomic mass is 10.1. The number of H-pyrrole nitrogens is 1. The molecule has 8 heteroatoms. The summed E-state index contributed by atoms with van der Waals surface area (Å²) in [7, 11) is 1.59. The number of aryl methyl sites for hydroxylation is 1. The summed E-state index contributed by atoms with van der Waals surface area (Å²) in [5, 5.41) is 6.21. The van der Waals surface area contributed by atoms with Crippen LogP contribution in [-0.2, 0) is 6.54 Å². The number of aromatic amines is 1. The molecule has 0 saturated heterocycles. The molecule has 0 amide bonds. The van der Waals surface area contributed by atoms with Crippen LogP contribution in [0.15, 0.2) is 53.3 Å². The predicted octanol–water partition coefficient (Wildman–Crippen LogP) is 2.60. The molecule has 0 fully saturated rings. The maximum absolute atomic E-state index is 12.5. The molecule has 2 aromatic carbocycles. The summed E-state index contributed by atoms with van der Waals surface area (Å²) < 4.78 is 6.66. The zero-order chi connectivity index (χ0) is 19.7. The van der Waals surface area contributed by atoms with Gasteiger partial charge in [0.15, 0.2) is 5.82 Å². The van der Waals surface area contributed by atoms with Gasteiger partial charge in [-0.2, -0.15) is 9.50 Å². The number of aromatic nitrogens is 4. The van der Waals surface area contributed by atoms with Gasteiger partial charge in [-0.3, -0.25) is 9.89 Å². The molecule has 0 unspecified atom stereocenters. The van der Waals surface area contributed by atoms with Gasteiger partial charge in [-0.25, -0.2) is 4.98 Å². The highest BCUT2D eigenvalue weighted by Crippen LogP contribution is 2.26. The van der Waals surface area contributed by atoms with E-state index in [4.69, 9.17) is 10.5 Å². The Balaban J connectivity index is 1.64. The Morgan fingerprint density at radius 3 is 2.82 bits per heavy atom. The molecule has 2 heterocycles. The summed E-state index contributed by atoms with van der Waals surface area (Å²) in [5.74, 6) is 1.57. The molecule has 4 aromatic rings. The first-order chi connectivity index (χ1) is 13.5. The van der Waals surface area contributed by atoms with E-state index in [1.54, 1.807) is 25.3 Å². The van der Waals surface area contributed by atoms with Crippen molar-refractivity contribution in [1.29, 1.82) is 0 Å². The first-order valence-corrected chi connectivity index (χ1v) is 8.76. The zero-order valence-corrected chi connectivity index (χ0v) is 15.6. The van der Waals surface area contributed by atoms with Gasteiger partial charge in [-0.05, 0) is 31.2 Å². The molecule has 0 aliphatic heterocycles. The quantitative estimate of drug-likeness (QED) is 0.462. The number of fused-ring (bicyclic) bond motifs is 1. The van der Waals surface area contributed by atoms with Crippen molar-refractivity contribution in [3.8, 4) is 17.1 Å². The van der Waals surface area contributed by atoms with Crippen molar-refractivity contribution in [3.63, 3.8) is 0 Å². The normalized spacial score (nSPS) is 10.9. The van der Waals surface area contributed by atoms with Crippen LogP contribution in [0.2, 0.25) is 0 Å². The van der Waals surface area contributed by atoms with Gasteiger partial charge in [0.05, 0.1) is 25.0 Å². The molecule has 2 aromatic heterocycles. The molecule has 4 rings (SSSR count). The van der Waals surface area contributed by atoms with Crippen LogP contribution in [-0.4, -0.2) is 26.7 Å². The number of nitrogen functional groups attached to an aromatic ring is 1. The van der Waals surface area contributed by atoms with Gasteiger partial charge >= 0.3 is 0 Å². The SMILES string of the molecule is COc1ccc(N)cc1NCc1cc(=O)n2[nH]c(-c3cccc(C)c3)nc2n1. The third-order valence-corrected chi connectivity index (χ3v) is 4.36. The van der Waals surface area contributed by atoms with E-state index in [2.05, 4.69) is 20.4 Å². The summed E-state index contributed by atoms with van der Waals surface area (Å²) >= 11 is 0. The lowest BCUT2D eigenvalue weighted by Crippen LogP contribution is -2.17. The second kappa shape index (κ2) is 7.07. The van der Waals surface area contributed by atoms with Gasteiger partial charge in [0, 0.05) is 17.3 Å². The Bertz CT molecular complexity index is 1210.